The van der Waals surface area contributed by atoms with Gasteiger partial charge in [-0.1, -0.05) is 6.07 Å². The maximum Gasteiger partial charge on any atom is 0.248 e. The number of ether oxygens (including phenoxy) is 4. The van der Waals surface area contributed by atoms with Crippen molar-refractivity contribution in [1.82, 2.24) is 4.31 Å². The Kier molecular flexibility index (Phi) is 7.96. The lowest BCUT2D eigenvalue weighted by Crippen LogP contribution is -2.40. The highest BCUT2D eigenvalue weighted by atomic mass is 32.2. The SMILES string of the molecule is COc1cc(/C=C/C(=O)Nc2ccc(C)c(S(=O)(=O)N3CCOCC3)c2)cc(OC)c1OC. The highest BCUT2D eigenvalue weighted by Gasteiger charge is 2.28. The number of anilines is 1. The molecule has 0 bridgehead atoms. The fraction of sp³-hybridized carbons (Fsp3) is 0.348. The number of nitrogens with zero attached hydrogens (tertiary/aromatic N) is 1. The van der Waals surface area contributed by atoms with Crippen LogP contribution in [0.3, 0.4) is 0 Å². The predicted octanol–water partition coefficient (Wildman–Crippen LogP) is 2.69. The maximum absolute atomic E-state index is 13.0. The fourth-order valence-corrected chi connectivity index (χ4v) is 5.09. The Labute approximate surface area is 193 Å². The molecule has 1 fully saturated rings. The zero-order valence-corrected chi connectivity index (χ0v) is 19.9. The molecule has 1 saturated heterocycles. The third-order valence-electron chi connectivity index (χ3n) is 5.16. The van der Waals surface area contributed by atoms with Crippen LogP contribution in [-0.2, 0) is 19.6 Å². The molecule has 0 radical (unpaired) electrons. The van der Waals surface area contributed by atoms with Crippen LogP contribution in [0.4, 0.5) is 5.69 Å². The van der Waals surface area contributed by atoms with Crippen LogP contribution in [0.15, 0.2) is 41.3 Å². The van der Waals surface area contributed by atoms with Crippen LogP contribution in [0.5, 0.6) is 17.2 Å². The van der Waals surface area contributed by atoms with E-state index in [0.717, 1.165) is 0 Å². The molecule has 2 aromatic rings. The number of methoxy groups -OCH3 is 3. The van der Waals surface area contributed by atoms with Gasteiger partial charge in [0.25, 0.3) is 0 Å². The summed E-state index contributed by atoms with van der Waals surface area (Å²) < 4.78 is 48.7. The molecule has 10 heteroatoms. The van der Waals surface area contributed by atoms with Gasteiger partial charge < -0.3 is 24.3 Å². The highest BCUT2D eigenvalue weighted by Crippen LogP contribution is 2.38. The van der Waals surface area contributed by atoms with Crippen molar-refractivity contribution in [3.05, 3.63) is 47.5 Å². The summed E-state index contributed by atoms with van der Waals surface area (Å²) >= 11 is 0. The van der Waals surface area contributed by atoms with Gasteiger partial charge in [0.05, 0.1) is 39.4 Å². The van der Waals surface area contributed by atoms with E-state index in [1.54, 1.807) is 37.3 Å². The van der Waals surface area contributed by atoms with Crippen LogP contribution >= 0.6 is 0 Å². The van der Waals surface area contributed by atoms with E-state index in [1.807, 2.05) is 0 Å². The third-order valence-corrected chi connectivity index (χ3v) is 7.20. The van der Waals surface area contributed by atoms with Crippen molar-refractivity contribution in [2.75, 3.05) is 52.9 Å². The second-order valence-corrected chi connectivity index (χ2v) is 9.18. The topological polar surface area (TPSA) is 103 Å². The zero-order chi connectivity index (χ0) is 24.0. The molecule has 1 amide bonds. The van der Waals surface area contributed by atoms with Crippen LogP contribution in [-0.4, -0.2) is 66.3 Å². The van der Waals surface area contributed by atoms with Crippen molar-refractivity contribution in [1.29, 1.82) is 0 Å². The molecule has 1 aliphatic heterocycles. The number of sulfonamides is 1. The Morgan fingerprint density at radius 2 is 1.67 bits per heavy atom. The quantitative estimate of drug-likeness (QED) is 0.584. The number of hydrogen-bond acceptors (Lipinski definition) is 7. The second-order valence-electron chi connectivity index (χ2n) is 7.28. The number of benzene rings is 2. The van der Waals surface area contributed by atoms with E-state index in [4.69, 9.17) is 18.9 Å². The van der Waals surface area contributed by atoms with Gasteiger partial charge in [0.15, 0.2) is 11.5 Å². The molecule has 0 atom stereocenters. The largest absolute Gasteiger partial charge is 0.493 e. The van der Waals surface area contributed by atoms with Gasteiger partial charge in [0.2, 0.25) is 21.7 Å². The first kappa shape index (κ1) is 24.6. The summed E-state index contributed by atoms with van der Waals surface area (Å²) in [6.45, 7) is 3.05. The van der Waals surface area contributed by atoms with Crippen molar-refractivity contribution in [3.8, 4) is 17.2 Å². The molecule has 3 rings (SSSR count). The van der Waals surface area contributed by atoms with Crippen LogP contribution in [0.2, 0.25) is 0 Å². The predicted molar refractivity (Wildman–Crippen MR) is 125 cm³/mol. The van der Waals surface area contributed by atoms with E-state index in [-0.39, 0.29) is 4.90 Å². The minimum atomic E-state index is -3.68. The first-order valence-corrected chi connectivity index (χ1v) is 11.7. The van der Waals surface area contributed by atoms with E-state index in [9.17, 15) is 13.2 Å². The number of nitrogens with one attached hydrogen (secondary N) is 1. The van der Waals surface area contributed by atoms with Gasteiger partial charge in [-0.15, -0.1) is 0 Å². The minimum Gasteiger partial charge on any atom is -0.493 e. The van der Waals surface area contributed by atoms with Crippen molar-refractivity contribution in [2.24, 2.45) is 0 Å². The number of rotatable bonds is 8. The monoisotopic (exact) mass is 476 g/mol. The Morgan fingerprint density at radius 3 is 2.24 bits per heavy atom. The molecule has 0 unspecified atom stereocenters. The lowest BCUT2D eigenvalue weighted by atomic mass is 10.1. The number of morpholine rings is 1. The van der Waals surface area contributed by atoms with Gasteiger partial charge in [0.1, 0.15) is 0 Å². The van der Waals surface area contributed by atoms with Crippen LogP contribution in [0, 0.1) is 6.92 Å². The molecule has 2 aromatic carbocycles. The van der Waals surface area contributed by atoms with Gasteiger partial charge in [-0.05, 0) is 48.4 Å². The molecule has 0 saturated carbocycles. The number of amides is 1. The van der Waals surface area contributed by atoms with Crippen LogP contribution in [0.25, 0.3) is 6.08 Å². The van der Waals surface area contributed by atoms with Crippen molar-refractivity contribution < 1.29 is 32.2 Å². The molecule has 0 aromatic heterocycles. The molecule has 33 heavy (non-hydrogen) atoms. The molecule has 0 aliphatic carbocycles. The molecular formula is C23H28N2O7S. The summed E-state index contributed by atoms with van der Waals surface area (Å²) in [5.41, 5.74) is 1.65. The Morgan fingerprint density at radius 1 is 1.03 bits per heavy atom. The average molecular weight is 477 g/mol. The zero-order valence-electron chi connectivity index (χ0n) is 19.1. The molecule has 1 heterocycles. The summed E-state index contributed by atoms with van der Waals surface area (Å²) in [6.07, 6.45) is 2.94. The lowest BCUT2D eigenvalue weighted by Gasteiger charge is -2.26. The van der Waals surface area contributed by atoms with E-state index in [1.165, 1.54) is 37.8 Å². The number of aryl methyl sites for hydroxylation is 1. The Hall–Kier alpha value is -3.08. The minimum absolute atomic E-state index is 0.163. The molecular weight excluding hydrogens is 448 g/mol. The van der Waals surface area contributed by atoms with Gasteiger partial charge in [-0.3, -0.25) is 4.79 Å². The third kappa shape index (κ3) is 5.65. The molecule has 1 aliphatic rings. The van der Waals surface area contributed by atoms with Crippen LogP contribution < -0.4 is 19.5 Å². The molecule has 9 nitrogen and oxygen atoms in total. The van der Waals surface area contributed by atoms with E-state index >= 15 is 0 Å². The summed E-state index contributed by atoms with van der Waals surface area (Å²) in [6, 6.07) is 8.24. The van der Waals surface area contributed by atoms with Gasteiger partial charge in [0, 0.05) is 24.9 Å². The normalized spacial score (nSPS) is 14.8. The molecule has 178 valence electrons. The lowest BCUT2D eigenvalue weighted by molar-refractivity contribution is -0.111. The first-order chi connectivity index (χ1) is 15.8. The fourth-order valence-electron chi connectivity index (χ4n) is 3.44. The highest BCUT2D eigenvalue weighted by molar-refractivity contribution is 7.89. The van der Waals surface area contributed by atoms with E-state index in [0.29, 0.717) is 60.4 Å². The summed E-state index contributed by atoms with van der Waals surface area (Å²) in [5, 5.41) is 2.71. The summed E-state index contributed by atoms with van der Waals surface area (Å²) in [7, 11) is 0.851. The Balaban J connectivity index is 1.79. The molecule has 1 N–H and O–H groups in total. The maximum atomic E-state index is 13.0. The summed E-state index contributed by atoms with van der Waals surface area (Å²) in [5.74, 6) is 0.972. The number of carbonyl (C=O) groups excluding carboxylic acids is 1. The van der Waals surface area contributed by atoms with Crippen molar-refractivity contribution in [2.45, 2.75) is 11.8 Å². The van der Waals surface area contributed by atoms with Crippen molar-refractivity contribution >= 4 is 27.7 Å². The first-order valence-electron chi connectivity index (χ1n) is 10.3. The molecule has 0 spiro atoms. The van der Waals surface area contributed by atoms with E-state index < -0.39 is 15.9 Å². The van der Waals surface area contributed by atoms with Crippen LogP contribution in [0.1, 0.15) is 11.1 Å². The smallest absolute Gasteiger partial charge is 0.248 e. The van der Waals surface area contributed by atoms with Gasteiger partial charge in [-0.25, -0.2) is 8.42 Å². The number of carbonyl (C=O) groups is 1. The van der Waals surface area contributed by atoms with Crippen molar-refractivity contribution in [3.63, 3.8) is 0 Å². The average Bonchev–Trinajstić information content (AvgIpc) is 2.83. The Bertz CT molecular complexity index is 1110. The standard InChI is InChI=1S/C23H28N2O7S/c1-16-5-7-18(15-21(16)33(27,28)25-9-11-32-12-10-25)24-22(26)8-6-17-13-19(29-2)23(31-4)20(14-17)30-3/h5-8,13-15H,9-12H2,1-4H3,(H,24,26)/b8-6+. The van der Waals surface area contributed by atoms with Gasteiger partial charge >= 0.3 is 0 Å². The number of hydrogen-bond donors (Lipinski definition) is 1. The summed E-state index contributed by atoms with van der Waals surface area (Å²) in [4.78, 5) is 12.7. The second kappa shape index (κ2) is 10.7. The van der Waals surface area contributed by atoms with Gasteiger partial charge in [-0.2, -0.15) is 4.31 Å². The van der Waals surface area contributed by atoms with E-state index in [2.05, 4.69) is 5.32 Å².